The number of hydrogen-bond donors (Lipinski definition) is 6. The van der Waals surface area contributed by atoms with Crippen LogP contribution < -0.4 is 5.32 Å². The molecule has 59 heavy (non-hydrogen) atoms. The molecule has 1 heterocycles. The fourth-order valence-corrected chi connectivity index (χ4v) is 9.69. The maximum Gasteiger partial charge on any atom is 0.408 e. The van der Waals surface area contributed by atoms with Crippen molar-refractivity contribution in [3.05, 3.63) is 82.9 Å². The maximum atomic E-state index is 14.9. The fraction of sp³-hybridized carbons (Fsp3) is 0.558. The summed E-state index contributed by atoms with van der Waals surface area (Å²) in [6.07, 6.45) is -14.7. The van der Waals surface area contributed by atoms with E-state index in [1.54, 1.807) is 57.2 Å². The van der Waals surface area contributed by atoms with Gasteiger partial charge in [-0.05, 0) is 63.5 Å². The van der Waals surface area contributed by atoms with E-state index in [0.29, 0.717) is 0 Å². The van der Waals surface area contributed by atoms with Gasteiger partial charge in [0.2, 0.25) is 0 Å². The predicted octanol–water partition coefficient (Wildman–Crippen LogP) is 2.23. The Hall–Kier alpha value is -4.71. The summed E-state index contributed by atoms with van der Waals surface area (Å²) in [6.45, 7) is 11.0. The number of ketones is 1. The third kappa shape index (κ3) is 7.12. The molecule has 16 heteroatoms. The standard InChI is InChI=1S/C43H53NO15/c1-21-27-30(48)33(50)41(8)25(46)19-26-42(20-55-26,58-22(2)45)32(41)35(57-36(51)24-17-13-10-14-18-24)43(54,40(27,6)7)34(29(21)47)56-37(52)31(49)28(23-15-11-9-12-16-23)44-38(53)59-39(3,4)5/h9-18,25-26,28-32,34-35,46-49,54H,19-20H2,1-8H3,(H,44,53)/t25-,26+,28-,29+,30+,31+,32-,34-,35-,41+,42-,43+/m0/s1. The molecule has 3 fully saturated rings. The van der Waals surface area contributed by atoms with Crippen molar-refractivity contribution in [2.45, 2.75) is 127 Å². The molecule has 4 aliphatic rings. The summed E-state index contributed by atoms with van der Waals surface area (Å²) in [5.74, 6) is -6.07. The summed E-state index contributed by atoms with van der Waals surface area (Å²) in [5.41, 5.74) is -9.93. The molecule has 2 aromatic rings. The number of aliphatic hydroxyl groups is 5. The number of rotatable bonds is 8. The summed E-state index contributed by atoms with van der Waals surface area (Å²) in [6, 6.07) is 14.0. The molecule has 1 amide bonds. The minimum absolute atomic E-state index is 0.0190. The molecule has 1 aliphatic heterocycles. The van der Waals surface area contributed by atoms with Crippen molar-refractivity contribution in [2.75, 3.05) is 6.61 Å². The third-order valence-corrected chi connectivity index (χ3v) is 12.6. The number of carbonyl (C=O) groups is 5. The molecule has 0 unspecified atom stereocenters. The number of amides is 1. The van der Waals surface area contributed by atoms with E-state index < -0.39 is 119 Å². The van der Waals surface area contributed by atoms with Gasteiger partial charge in [0, 0.05) is 18.8 Å². The lowest BCUT2D eigenvalue weighted by molar-refractivity contribution is -0.352. The number of carbonyl (C=O) groups excluding carboxylic acids is 5. The second kappa shape index (κ2) is 15.4. The van der Waals surface area contributed by atoms with E-state index in [4.69, 9.17) is 23.7 Å². The lowest BCUT2D eigenvalue weighted by Crippen LogP contribution is -2.83. The highest BCUT2D eigenvalue weighted by Crippen LogP contribution is 2.64. The Labute approximate surface area is 341 Å². The van der Waals surface area contributed by atoms with Crippen LogP contribution in [0.5, 0.6) is 0 Å². The Morgan fingerprint density at radius 1 is 0.915 bits per heavy atom. The monoisotopic (exact) mass is 823 g/mol. The lowest BCUT2D eigenvalue weighted by Gasteiger charge is -2.68. The molecule has 1 saturated heterocycles. The molecular formula is C43H53NO15. The zero-order chi connectivity index (χ0) is 43.6. The Bertz CT molecular complexity index is 2010. The number of alkyl carbamates (subject to hydrolysis) is 1. The Morgan fingerprint density at radius 3 is 2.05 bits per heavy atom. The molecule has 12 atom stereocenters. The van der Waals surface area contributed by atoms with Gasteiger partial charge in [-0.3, -0.25) is 9.59 Å². The predicted molar refractivity (Wildman–Crippen MR) is 205 cm³/mol. The van der Waals surface area contributed by atoms with Crippen molar-refractivity contribution >= 4 is 29.8 Å². The molecular weight excluding hydrogens is 770 g/mol. The number of Topliss-reactive ketones (excluding diaryl/α,β-unsaturated/α-hetero) is 1. The van der Waals surface area contributed by atoms with E-state index in [1.807, 2.05) is 0 Å². The van der Waals surface area contributed by atoms with Crippen molar-refractivity contribution in [3.63, 3.8) is 0 Å². The van der Waals surface area contributed by atoms with Crippen LogP contribution in [0, 0.1) is 16.7 Å². The second-order valence-electron chi connectivity index (χ2n) is 17.6. The second-order valence-corrected chi connectivity index (χ2v) is 17.6. The summed E-state index contributed by atoms with van der Waals surface area (Å²) in [5, 5.41) is 64.1. The molecule has 6 N–H and O–H groups in total. The Morgan fingerprint density at radius 2 is 1.51 bits per heavy atom. The Balaban J connectivity index is 1.56. The van der Waals surface area contributed by atoms with Gasteiger partial charge in [0.1, 0.15) is 30.0 Å². The normalized spacial score (nSPS) is 34.6. The number of esters is 3. The van der Waals surface area contributed by atoms with E-state index in [2.05, 4.69) is 5.32 Å². The summed E-state index contributed by atoms with van der Waals surface area (Å²) >= 11 is 0. The average Bonchev–Trinajstić information content (AvgIpc) is 3.16. The highest BCUT2D eigenvalue weighted by Gasteiger charge is 2.79. The molecule has 6 rings (SSSR count). The average molecular weight is 824 g/mol. The van der Waals surface area contributed by atoms with Crippen LogP contribution in [0.4, 0.5) is 4.79 Å². The van der Waals surface area contributed by atoms with E-state index in [1.165, 1.54) is 52.0 Å². The van der Waals surface area contributed by atoms with Gasteiger partial charge in [-0.25, -0.2) is 14.4 Å². The highest BCUT2D eigenvalue weighted by molar-refractivity contribution is 5.94. The van der Waals surface area contributed by atoms with Gasteiger partial charge >= 0.3 is 24.0 Å². The SMILES string of the molecule is CC(=O)O[C@@]12CO[C@@H]1C[C@H](O)[C@@]1(C)C(=O)[C@H](O)C3=C(C)[C@@H](O)[C@H](OC(=O)[C@H](O)[C@@H](NC(=O)OC(C)(C)C)c4ccccc4)[C@@](O)([C@@H](OC(=O)c4ccccc4)[C@H]21)C3(C)C. The van der Waals surface area contributed by atoms with Gasteiger partial charge in [-0.15, -0.1) is 0 Å². The smallest absolute Gasteiger partial charge is 0.408 e. The zero-order valence-corrected chi connectivity index (χ0v) is 34.2. The van der Waals surface area contributed by atoms with E-state index in [-0.39, 0.29) is 28.7 Å². The summed E-state index contributed by atoms with van der Waals surface area (Å²) in [7, 11) is 0. The largest absolute Gasteiger partial charge is 0.455 e. The number of nitrogens with one attached hydrogen (secondary N) is 1. The molecule has 2 saturated carbocycles. The number of benzene rings is 2. The van der Waals surface area contributed by atoms with Crippen molar-refractivity contribution < 1.29 is 73.2 Å². The van der Waals surface area contributed by atoms with Crippen molar-refractivity contribution in [3.8, 4) is 0 Å². The first kappa shape index (κ1) is 43.9. The molecule has 2 bridgehead atoms. The van der Waals surface area contributed by atoms with Crippen LogP contribution in [0.15, 0.2) is 71.8 Å². The third-order valence-electron chi connectivity index (χ3n) is 12.6. The minimum Gasteiger partial charge on any atom is -0.455 e. The van der Waals surface area contributed by atoms with E-state index >= 15 is 0 Å². The van der Waals surface area contributed by atoms with Crippen molar-refractivity contribution in [1.29, 1.82) is 0 Å². The van der Waals surface area contributed by atoms with Gasteiger partial charge in [0.15, 0.2) is 29.2 Å². The lowest BCUT2D eigenvalue weighted by atomic mass is 9.44. The van der Waals surface area contributed by atoms with Crippen LogP contribution in [0.2, 0.25) is 0 Å². The molecule has 0 radical (unpaired) electrons. The topological polar surface area (TPSA) is 245 Å². The van der Waals surface area contributed by atoms with E-state index in [9.17, 15) is 49.5 Å². The quantitative estimate of drug-likeness (QED) is 0.127. The number of fused-ring (bicyclic) bond motifs is 5. The molecule has 320 valence electrons. The molecule has 0 spiro atoms. The molecule has 16 nitrogen and oxygen atoms in total. The molecule has 2 aromatic carbocycles. The van der Waals surface area contributed by atoms with Gasteiger partial charge in [0.05, 0.1) is 35.6 Å². The maximum absolute atomic E-state index is 14.9. The first-order valence-electron chi connectivity index (χ1n) is 19.5. The van der Waals surface area contributed by atoms with Crippen LogP contribution in [-0.2, 0) is 38.1 Å². The number of hydrogen-bond acceptors (Lipinski definition) is 15. The summed E-state index contributed by atoms with van der Waals surface area (Å²) < 4.78 is 29.4. The minimum atomic E-state index is -2.88. The Kier molecular flexibility index (Phi) is 11.4. The van der Waals surface area contributed by atoms with Crippen LogP contribution in [-0.4, -0.2) is 121 Å². The van der Waals surface area contributed by atoms with Gasteiger partial charge in [-0.2, -0.15) is 0 Å². The molecule has 0 aromatic heterocycles. The number of ether oxygens (including phenoxy) is 5. The van der Waals surface area contributed by atoms with Crippen molar-refractivity contribution in [1.82, 2.24) is 5.32 Å². The van der Waals surface area contributed by atoms with Crippen molar-refractivity contribution in [2.24, 2.45) is 16.7 Å². The van der Waals surface area contributed by atoms with Crippen LogP contribution >= 0.6 is 0 Å². The van der Waals surface area contributed by atoms with Crippen LogP contribution in [0.1, 0.15) is 83.8 Å². The highest BCUT2D eigenvalue weighted by atomic mass is 16.6. The van der Waals surface area contributed by atoms with Gasteiger partial charge in [0.25, 0.3) is 0 Å². The van der Waals surface area contributed by atoms with E-state index in [0.717, 1.165) is 6.92 Å². The first-order chi connectivity index (χ1) is 27.4. The first-order valence-corrected chi connectivity index (χ1v) is 19.5. The number of aliphatic hydroxyl groups excluding tert-OH is 4. The summed E-state index contributed by atoms with van der Waals surface area (Å²) in [4.78, 5) is 69.4. The van der Waals surface area contributed by atoms with Crippen LogP contribution in [0.3, 0.4) is 0 Å². The van der Waals surface area contributed by atoms with Crippen LogP contribution in [0.25, 0.3) is 0 Å². The van der Waals surface area contributed by atoms with Gasteiger partial charge in [-0.1, -0.05) is 62.4 Å². The zero-order valence-electron chi connectivity index (χ0n) is 34.2. The van der Waals surface area contributed by atoms with Gasteiger partial charge < -0.3 is 54.5 Å². The fourth-order valence-electron chi connectivity index (χ4n) is 9.69. The molecule has 3 aliphatic carbocycles.